The van der Waals surface area contributed by atoms with Gasteiger partial charge in [0.15, 0.2) is 11.6 Å². The van der Waals surface area contributed by atoms with E-state index in [0.717, 1.165) is 0 Å². The van der Waals surface area contributed by atoms with E-state index in [1.54, 1.807) is 0 Å². The van der Waals surface area contributed by atoms with Gasteiger partial charge >= 0.3 is 5.97 Å². The number of rotatable bonds is 3. The molecule has 0 aromatic carbocycles. The van der Waals surface area contributed by atoms with Gasteiger partial charge in [-0.25, -0.2) is 18.6 Å². The van der Waals surface area contributed by atoms with Gasteiger partial charge in [-0.3, -0.25) is 0 Å². The highest BCUT2D eigenvalue weighted by Gasteiger charge is 2.67. The van der Waals surface area contributed by atoms with E-state index in [1.165, 1.54) is 19.3 Å². The van der Waals surface area contributed by atoms with E-state index in [2.05, 4.69) is 4.98 Å². The van der Waals surface area contributed by atoms with Crippen LogP contribution in [0, 0.1) is 23.7 Å². The first kappa shape index (κ1) is 11.4. The highest BCUT2D eigenvalue weighted by atomic mass is 19.3. The molecule has 4 atom stereocenters. The van der Waals surface area contributed by atoms with Gasteiger partial charge in [-0.2, -0.15) is 0 Å². The van der Waals surface area contributed by atoms with Crippen molar-refractivity contribution in [3.8, 4) is 0 Å². The van der Waals surface area contributed by atoms with Crippen LogP contribution in [0.3, 0.4) is 0 Å². The Hall–Kier alpha value is -1.46. The molecule has 4 nitrogen and oxygen atoms in total. The van der Waals surface area contributed by atoms with Crippen LogP contribution in [0.25, 0.3) is 0 Å². The molecule has 4 rings (SSSR count). The number of alkyl halides is 2. The third kappa shape index (κ3) is 1.42. The number of aromatic carboxylic acids is 1. The van der Waals surface area contributed by atoms with Crippen molar-refractivity contribution in [2.24, 2.45) is 23.7 Å². The molecular weight excluding hydrogens is 256 g/mol. The molecule has 6 heteroatoms. The minimum atomic E-state index is -2.90. The number of oxazole rings is 1. The molecule has 0 saturated heterocycles. The summed E-state index contributed by atoms with van der Waals surface area (Å²) in [6.45, 7) is 0. The molecule has 1 aromatic rings. The molecule has 0 radical (unpaired) electrons. The van der Waals surface area contributed by atoms with E-state index in [-0.39, 0.29) is 11.8 Å². The minimum absolute atomic E-state index is 0.0804. The van der Waals surface area contributed by atoms with E-state index >= 15 is 0 Å². The molecule has 3 saturated carbocycles. The first-order valence-electron chi connectivity index (χ1n) is 6.60. The van der Waals surface area contributed by atoms with Gasteiger partial charge in [-0.15, -0.1) is 0 Å². The lowest BCUT2D eigenvalue weighted by molar-refractivity contribution is 0.0644. The molecule has 2 bridgehead atoms. The lowest BCUT2D eigenvalue weighted by Crippen LogP contribution is -1.99. The van der Waals surface area contributed by atoms with Gasteiger partial charge in [-0.05, 0) is 42.9 Å². The van der Waals surface area contributed by atoms with Crippen molar-refractivity contribution < 1.29 is 23.1 Å². The van der Waals surface area contributed by atoms with Crippen molar-refractivity contribution in [3.63, 3.8) is 0 Å². The summed E-state index contributed by atoms with van der Waals surface area (Å²) >= 11 is 0. The average Bonchev–Trinajstić information content (AvgIpc) is 2.77. The standard InChI is InChI=1S/C13H13F2NO3/c14-11(15)9-10(13(17)18)19-12(16-9)8-6-4-1-2-5(3-4)7(6)8/h4-8,11H,1-3H2,(H,17,18). The van der Waals surface area contributed by atoms with Crippen LogP contribution in [0.2, 0.25) is 0 Å². The topological polar surface area (TPSA) is 63.3 Å². The van der Waals surface area contributed by atoms with E-state index < -0.39 is 23.8 Å². The van der Waals surface area contributed by atoms with E-state index in [4.69, 9.17) is 9.52 Å². The quantitative estimate of drug-likeness (QED) is 0.915. The van der Waals surface area contributed by atoms with Crippen LogP contribution in [-0.4, -0.2) is 16.1 Å². The third-order valence-corrected chi connectivity index (χ3v) is 5.09. The molecule has 102 valence electrons. The van der Waals surface area contributed by atoms with Crippen LogP contribution in [0.15, 0.2) is 4.42 Å². The van der Waals surface area contributed by atoms with Gasteiger partial charge in [0.05, 0.1) is 0 Å². The zero-order valence-electron chi connectivity index (χ0n) is 10.1. The van der Waals surface area contributed by atoms with E-state index in [0.29, 0.717) is 23.7 Å². The Labute approximate surface area is 107 Å². The molecule has 3 fully saturated rings. The highest BCUT2D eigenvalue weighted by Crippen LogP contribution is 2.73. The van der Waals surface area contributed by atoms with Gasteiger partial charge in [0.25, 0.3) is 6.43 Å². The fraction of sp³-hybridized carbons (Fsp3) is 0.692. The first-order chi connectivity index (χ1) is 9.08. The Morgan fingerprint density at radius 1 is 1.32 bits per heavy atom. The summed E-state index contributed by atoms with van der Waals surface area (Å²) in [6, 6.07) is 0. The Morgan fingerprint density at radius 2 is 1.95 bits per heavy atom. The summed E-state index contributed by atoms with van der Waals surface area (Å²) in [6.07, 6.45) is 0.742. The maximum absolute atomic E-state index is 12.8. The fourth-order valence-electron chi connectivity index (χ4n) is 4.45. The van der Waals surface area contributed by atoms with Crippen molar-refractivity contribution in [1.82, 2.24) is 4.98 Å². The number of nitrogens with zero attached hydrogens (tertiary/aromatic N) is 1. The molecule has 19 heavy (non-hydrogen) atoms. The van der Waals surface area contributed by atoms with Crippen molar-refractivity contribution in [3.05, 3.63) is 17.3 Å². The smallest absolute Gasteiger partial charge is 0.374 e. The number of hydrogen-bond donors (Lipinski definition) is 1. The molecule has 3 aliphatic carbocycles. The normalized spacial score (nSPS) is 38.8. The van der Waals surface area contributed by atoms with E-state index in [1.807, 2.05) is 0 Å². The Bertz CT molecular complexity index is 540. The highest BCUT2D eigenvalue weighted by molar-refractivity contribution is 5.85. The van der Waals surface area contributed by atoms with Crippen LogP contribution in [0.1, 0.15) is 53.7 Å². The second-order valence-electron chi connectivity index (χ2n) is 5.89. The predicted molar refractivity (Wildman–Crippen MR) is 59.0 cm³/mol. The van der Waals surface area contributed by atoms with Gasteiger partial charge in [0, 0.05) is 5.92 Å². The van der Waals surface area contributed by atoms with Crippen LogP contribution in [-0.2, 0) is 0 Å². The average molecular weight is 269 g/mol. The van der Waals surface area contributed by atoms with Crippen molar-refractivity contribution >= 4 is 5.97 Å². The van der Waals surface area contributed by atoms with E-state index in [9.17, 15) is 13.6 Å². The lowest BCUT2D eigenvalue weighted by atomic mass is 10.0. The summed E-state index contributed by atoms with van der Waals surface area (Å²) in [5.74, 6) is 0.445. The van der Waals surface area contributed by atoms with Gasteiger partial charge in [0.1, 0.15) is 0 Å². The SMILES string of the molecule is O=C(O)c1oc(C2C3C4CCC(C4)C23)nc1C(F)F. The number of aromatic nitrogens is 1. The molecule has 0 spiro atoms. The number of fused-ring (bicyclic) bond motifs is 5. The van der Waals surface area contributed by atoms with Gasteiger partial charge < -0.3 is 9.52 Å². The molecule has 4 unspecified atom stereocenters. The Kier molecular flexibility index (Phi) is 2.13. The number of hydrogen-bond acceptors (Lipinski definition) is 3. The summed E-state index contributed by atoms with van der Waals surface area (Å²) in [4.78, 5) is 14.7. The second kappa shape index (κ2) is 3.55. The number of carbonyl (C=O) groups is 1. The molecular formula is C13H13F2NO3. The Morgan fingerprint density at radius 3 is 2.42 bits per heavy atom. The number of carboxylic acid groups (broad SMARTS) is 1. The third-order valence-electron chi connectivity index (χ3n) is 5.09. The zero-order chi connectivity index (χ0) is 13.3. The van der Waals surface area contributed by atoms with Crippen molar-refractivity contribution in [2.45, 2.75) is 31.6 Å². The first-order valence-corrected chi connectivity index (χ1v) is 6.60. The zero-order valence-corrected chi connectivity index (χ0v) is 10.1. The number of carboxylic acids is 1. The molecule has 0 aliphatic heterocycles. The summed E-state index contributed by atoms with van der Waals surface area (Å²) in [5.41, 5.74) is -0.722. The minimum Gasteiger partial charge on any atom is -0.475 e. The van der Waals surface area contributed by atoms with Gasteiger partial charge in [-0.1, -0.05) is 0 Å². The summed E-state index contributed by atoms with van der Waals surface area (Å²) < 4.78 is 30.6. The van der Waals surface area contributed by atoms with Crippen LogP contribution in [0.4, 0.5) is 8.78 Å². The van der Waals surface area contributed by atoms with Crippen LogP contribution < -0.4 is 0 Å². The molecule has 1 aromatic heterocycles. The fourth-order valence-corrected chi connectivity index (χ4v) is 4.45. The number of halogens is 2. The molecule has 3 aliphatic rings. The molecule has 0 amide bonds. The second-order valence-corrected chi connectivity index (χ2v) is 5.89. The summed E-state index contributed by atoms with van der Waals surface area (Å²) in [7, 11) is 0. The van der Waals surface area contributed by atoms with Crippen LogP contribution in [0.5, 0.6) is 0 Å². The monoisotopic (exact) mass is 269 g/mol. The maximum atomic E-state index is 12.8. The molecule has 1 heterocycles. The van der Waals surface area contributed by atoms with Crippen LogP contribution >= 0.6 is 0 Å². The molecule has 1 N–H and O–H groups in total. The van der Waals surface area contributed by atoms with Crippen molar-refractivity contribution in [2.75, 3.05) is 0 Å². The van der Waals surface area contributed by atoms with Crippen molar-refractivity contribution in [1.29, 1.82) is 0 Å². The lowest BCUT2D eigenvalue weighted by Gasteiger charge is -2.04. The predicted octanol–water partition coefficient (Wildman–Crippen LogP) is 3.07. The van der Waals surface area contributed by atoms with Gasteiger partial charge in [0.2, 0.25) is 5.76 Å². The summed E-state index contributed by atoms with van der Waals surface area (Å²) in [5, 5.41) is 8.88. The largest absolute Gasteiger partial charge is 0.475 e. The Balaban J connectivity index is 1.67. The maximum Gasteiger partial charge on any atom is 0.374 e.